The van der Waals surface area contributed by atoms with Crippen molar-refractivity contribution in [3.8, 4) is 0 Å². The second kappa shape index (κ2) is 5.04. The number of carbonyl (C=O) groups excluding carboxylic acids is 1. The third-order valence-corrected chi connectivity index (χ3v) is 3.31. The summed E-state index contributed by atoms with van der Waals surface area (Å²) in [5.41, 5.74) is -1.30. The maximum absolute atomic E-state index is 12.4. The third kappa shape index (κ3) is 2.69. The highest BCUT2D eigenvalue weighted by Crippen LogP contribution is 2.26. The second-order valence-corrected chi connectivity index (χ2v) is 5.07. The molecule has 2 N–H and O–H groups in total. The van der Waals surface area contributed by atoms with Crippen LogP contribution in [0.2, 0.25) is 0 Å². The summed E-state index contributed by atoms with van der Waals surface area (Å²) < 4.78 is 0. The van der Waals surface area contributed by atoms with Crippen molar-refractivity contribution in [1.29, 1.82) is 0 Å². The average Bonchev–Trinajstić information content (AvgIpc) is 2.77. The van der Waals surface area contributed by atoms with Crippen LogP contribution in [0.5, 0.6) is 0 Å². The number of amides is 1. The van der Waals surface area contributed by atoms with Crippen LogP contribution in [-0.2, 0) is 0 Å². The Hall–Kier alpha value is -2.22. The van der Waals surface area contributed by atoms with Crippen molar-refractivity contribution in [3.05, 3.63) is 27.9 Å². The lowest BCUT2D eigenvalue weighted by atomic mass is 10.1. The Labute approximate surface area is 115 Å². The molecule has 8 heteroatoms. The number of nitro groups is 1. The first-order chi connectivity index (χ1) is 9.34. The molecule has 1 unspecified atom stereocenters. The van der Waals surface area contributed by atoms with Crippen LogP contribution in [-0.4, -0.2) is 51.6 Å². The van der Waals surface area contributed by atoms with E-state index in [2.05, 4.69) is 10.3 Å². The molecule has 0 radical (unpaired) electrons. The van der Waals surface area contributed by atoms with Gasteiger partial charge >= 0.3 is 0 Å². The zero-order chi connectivity index (χ0) is 14.9. The van der Waals surface area contributed by atoms with E-state index >= 15 is 0 Å². The van der Waals surface area contributed by atoms with Crippen LogP contribution in [0, 0.1) is 10.1 Å². The summed E-state index contributed by atoms with van der Waals surface area (Å²) in [5, 5.41) is 23.6. The van der Waals surface area contributed by atoms with Gasteiger partial charge in [-0.15, -0.1) is 0 Å². The zero-order valence-electron chi connectivity index (χ0n) is 11.3. The van der Waals surface area contributed by atoms with E-state index in [1.165, 1.54) is 11.0 Å². The zero-order valence-corrected chi connectivity index (χ0v) is 11.3. The van der Waals surface area contributed by atoms with Crippen molar-refractivity contribution >= 4 is 17.4 Å². The molecule has 1 amide bonds. The second-order valence-electron chi connectivity index (χ2n) is 5.07. The van der Waals surface area contributed by atoms with Gasteiger partial charge < -0.3 is 15.3 Å². The molecule has 8 nitrogen and oxygen atoms in total. The quantitative estimate of drug-likeness (QED) is 0.621. The topological polar surface area (TPSA) is 109 Å². The average molecular weight is 280 g/mol. The summed E-state index contributed by atoms with van der Waals surface area (Å²) in [6, 6.07) is 1.35. The number of β-amino-alcohol motifs (C(OH)–C–C–N with tert-alkyl or cyclic N) is 1. The molecule has 1 fully saturated rings. The molecule has 1 saturated heterocycles. The Balaban J connectivity index is 2.35. The fourth-order valence-corrected chi connectivity index (χ4v) is 2.19. The van der Waals surface area contributed by atoms with Gasteiger partial charge in [0.05, 0.1) is 10.5 Å². The smallest absolute Gasteiger partial charge is 0.300 e. The lowest BCUT2D eigenvalue weighted by molar-refractivity contribution is -0.385. The summed E-state index contributed by atoms with van der Waals surface area (Å²) in [7, 11) is 1.61. The fourth-order valence-electron chi connectivity index (χ4n) is 2.19. The van der Waals surface area contributed by atoms with Crippen LogP contribution in [0.3, 0.4) is 0 Å². The number of carbonyl (C=O) groups is 1. The molecule has 1 atom stereocenters. The van der Waals surface area contributed by atoms with Crippen LogP contribution < -0.4 is 5.32 Å². The summed E-state index contributed by atoms with van der Waals surface area (Å²) in [4.78, 5) is 28.0. The molecule has 2 heterocycles. The highest BCUT2D eigenvalue weighted by molar-refractivity contribution is 5.99. The third-order valence-electron chi connectivity index (χ3n) is 3.31. The van der Waals surface area contributed by atoms with Gasteiger partial charge in [-0.3, -0.25) is 14.9 Å². The molecule has 0 saturated carbocycles. The molecule has 0 spiro atoms. The number of nitrogens with one attached hydrogen (secondary N) is 1. The fraction of sp³-hybridized carbons (Fsp3) is 0.500. The van der Waals surface area contributed by atoms with Crippen molar-refractivity contribution in [2.24, 2.45) is 0 Å². The first-order valence-electron chi connectivity index (χ1n) is 6.18. The van der Waals surface area contributed by atoms with Crippen molar-refractivity contribution in [2.75, 3.05) is 25.5 Å². The first-order valence-corrected chi connectivity index (χ1v) is 6.18. The van der Waals surface area contributed by atoms with Gasteiger partial charge in [-0.2, -0.15) is 0 Å². The molecule has 20 heavy (non-hydrogen) atoms. The maximum Gasteiger partial charge on any atom is 0.300 e. The van der Waals surface area contributed by atoms with Crippen molar-refractivity contribution in [2.45, 2.75) is 18.9 Å². The minimum atomic E-state index is -0.941. The number of anilines is 1. The minimum absolute atomic E-state index is 0.0212. The molecule has 1 aromatic heterocycles. The van der Waals surface area contributed by atoms with E-state index in [0.717, 1.165) is 6.20 Å². The molecule has 0 bridgehead atoms. The number of likely N-dealkylation sites (tertiary alicyclic amines) is 1. The molecule has 1 aliphatic heterocycles. The minimum Gasteiger partial charge on any atom is -0.388 e. The van der Waals surface area contributed by atoms with E-state index in [1.807, 2.05) is 0 Å². The van der Waals surface area contributed by atoms with Crippen LogP contribution in [0.4, 0.5) is 11.5 Å². The molecule has 2 rings (SSSR count). The van der Waals surface area contributed by atoms with Crippen LogP contribution in [0.25, 0.3) is 0 Å². The first kappa shape index (κ1) is 14.2. The number of pyridine rings is 1. The molecule has 0 aromatic carbocycles. The normalized spacial score (nSPS) is 21.9. The van der Waals surface area contributed by atoms with Crippen molar-refractivity contribution in [3.63, 3.8) is 0 Å². The Morgan fingerprint density at radius 3 is 2.85 bits per heavy atom. The standard InChI is InChI=1S/C12H16N4O4/c1-12(18)3-4-15(7-12)11(17)8-5-10(13-2)14-6-9(8)16(19)20/h5-6,18H,3-4,7H2,1-2H3,(H,13,14). The van der Waals surface area contributed by atoms with E-state index in [0.29, 0.717) is 18.8 Å². The molecule has 1 aromatic rings. The summed E-state index contributed by atoms with van der Waals surface area (Å²) in [6.07, 6.45) is 1.52. The monoisotopic (exact) mass is 280 g/mol. The van der Waals surface area contributed by atoms with E-state index in [-0.39, 0.29) is 17.8 Å². The van der Waals surface area contributed by atoms with Gasteiger partial charge in [-0.25, -0.2) is 4.98 Å². The van der Waals surface area contributed by atoms with Gasteiger partial charge in [0.2, 0.25) is 0 Å². The van der Waals surface area contributed by atoms with E-state index in [9.17, 15) is 20.0 Å². The Bertz CT molecular complexity index is 558. The largest absolute Gasteiger partial charge is 0.388 e. The van der Waals surface area contributed by atoms with Crippen molar-refractivity contribution < 1.29 is 14.8 Å². The molecule has 1 aliphatic rings. The Morgan fingerprint density at radius 1 is 1.65 bits per heavy atom. The van der Waals surface area contributed by atoms with Gasteiger partial charge in [0.1, 0.15) is 17.6 Å². The van der Waals surface area contributed by atoms with Crippen molar-refractivity contribution in [1.82, 2.24) is 9.88 Å². The molecular formula is C12H16N4O4. The van der Waals surface area contributed by atoms with Gasteiger partial charge in [-0.05, 0) is 13.3 Å². The Kier molecular flexibility index (Phi) is 3.58. The number of rotatable bonds is 3. The molecule has 0 aliphatic carbocycles. The van der Waals surface area contributed by atoms with E-state index < -0.39 is 16.4 Å². The van der Waals surface area contributed by atoms with Gasteiger partial charge in [0.25, 0.3) is 11.6 Å². The predicted octanol–water partition coefficient (Wildman–Crippen LogP) is 0.628. The SMILES string of the molecule is CNc1cc(C(=O)N2CCC(C)(O)C2)c([N+](=O)[O-])cn1. The molecule has 108 valence electrons. The van der Waals surface area contributed by atoms with Gasteiger partial charge in [-0.1, -0.05) is 0 Å². The van der Waals surface area contributed by atoms with Crippen LogP contribution in [0.1, 0.15) is 23.7 Å². The van der Waals surface area contributed by atoms with E-state index in [4.69, 9.17) is 0 Å². The Morgan fingerprint density at radius 2 is 2.35 bits per heavy atom. The molecular weight excluding hydrogens is 264 g/mol. The lowest BCUT2D eigenvalue weighted by Gasteiger charge is -2.19. The summed E-state index contributed by atoms with van der Waals surface area (Å²) in [5.74, 6) is -0.0849. The highest BCUT2D eigenvalue weighted by Gasteiger charge is 2.36. The number of hydrogen-bond acceptors (Lipinski definition) is 6. The summed E-state index contributed by atoms with van der Waals surface area (Å²) in [6.45, 7) is 2.18. The summed E-state index contributed by atoms with van der Waals surface area (Å²) >= 11 is 0. The predicted molar refractivity (Wildman–Crippen MR) is 71.6 cm³/mol. The number of aromatic nitrogens is 1. The van der Waals surface area contributed by atoms with Crippen LogP contribution in [0.15, 0.2) is 12.3 Å². The highest BCUT2D eigenvalue weighted by atomic mass is 16.6. The van der Waals surface area contributed by atoms with E-state index in [1.54, 1.807) is 14.0 Å². The lowest BCUT2D eigenvalue weighted by Crippen LogP contribution is -2.34. The van der Waals surface area contributed by atoms with Gasteiger partial charge in [0, 0.05) is 26.2 Å². The van der Waals surface area contributed by atoms with Gasteiger partial charge in [0.15, 0.2) is 0 Å². The number of hydrogen-bond donors (Lipinski definition) is 2. The maximum atomic E-state index is 12.4. The van der Waals surface area contributed by atoms with Crippen LogP contribution >= 0.6 is 0 Å². The number of nitrogens with zero attached hydrogens (tertiary/aromatic N) is 3. The number of aliphatic hydroxyl groups is 1.